The molecule has 13 heavy (non-hydrogen) atoms. The number of hydrogen-bond acceptors (Lipinski definition) is 1. The van der Waals surface area contributed by atoms with Crippen LogP contribution in [0.5, 0.6) is 0 Å². The van der Waals surface area contributed by atoms with E-state index >= 15 is 0 Å². The van der Waals surface area contributed by atoms with Crippen LogP contribution in [0.15, 0.2) is 25.3 Å². The first kappa shape index (κ1) is 10.5. The Morgan fingerprint density at radius 3 is 2.08 bits per heavy atom. The van der Waals surface area contributed by atoms with Crippen LogP contribution in [0.4, 0.5) is 0 Å². The number of nitrogens with one attached hydrogen (secondary N) is 1. The molecule has 1 rings (SSSR count). The molecule has 1 saturated heterocycles. The van der Waals surface area contributed by atoms with Crippen LogP contribution in [0.2, 0.25) is 0 Å². The summed E-state index contributed by atoms with van der Waals surface area (Å²) in [5, 5.41) is 3.63. The molecule has 2 atom stereocenters. The van der Waals surface area contributed by atoms with Crippen LogP contribution in [-0.2, 0) is 0 Å². The summed E-state index contributed by atoms with van der Waals surface area (Å²) in [7, 11) is 0. The van der Waals surface area contributed by atoms with E-state index in [1.807, 2.05) is 0 Å². The van der Waals surface area contributed by atoms with E-state index in [2.05, 4.69) is 44.5 Å². The maximum absolute atomic E-state index is 3.89. The van der Waals surface area contributed by atoms with E-state index < -0.39 is 0 Å². The third-order valence-electron chi connectivity index (χ3n) is 3.55. The van der Waals surface area contributed by atoms with Gasteiger partial charge in [-0.15, -0.1) is 13.2 Å². The van der Waals surface area contributed by atoms with Gasteiger partial charge in [-0.25, -0.2) is 0 Å². The molecule has 0 aromatic carbocycles. The van der Waals surface area contributed by atoms with Crippen molar-refractivity contribution in [1.82, 2.24) is 5.32 Å². The zero-order chi connectivity index (χ0) is 9.90. The van der Waals surface area contributed by atoms with Crippen molar-refractivity contribution in [2.45, 2.75) is 32.2 Å². The maximum Gasteiger partial charge on any atom is 0.0301 e. The molecule has 0 aromatic rings. The average molecular weight is 179 g/mol. The Labute approximate surface area is 81.9 Å². The van der Waals surface area contributed by atoms with Crippen molar-refractivity contribution < 1.29 is 0 Å². The number of hydrogen-bond donors (Lipinski definition) is 1. The van der Waals surface area contributed by atoms with E-state index in [-0.39, 0.29) is 5.54 Å². The molecule has 0 aromatic heterocycles. The summed E-state index contributed by atoms with van der Waals surface area (Å²) in [4.78, 5) is 0. The summed E-state index contributed by atoms with van der Waals surface area (Å²) in [6.07, 6.45) is 6.63. The Morgan fingerprint density at radius 2 is 1.77 bits per heavy atom. The molecule has 1 heterocycles. The first-order chi connectivity index (χ1) is 6.17. The van der Waals surface area contributed by atoms with E-state index in [1.54, 1.807) is 0 Å². The van der Waals surface area contributed by atoms with Crippen LogP contribution in [0, 0.1) is 11.8 Å². The van der Waals surface area contributed by atoms with E-state index in [4.69, 9.17) is 0 Å². The van der Waals surface area contributed by atoms with Crippen molar-refractivity contribution in [1.29, 1.82) is 0 Å². The lowest BCUT2D eigenvalue weighted by molar-refractivity contribution is 0.233. The quantitative estimate of drug-likeness (QED) is 0.654. The van der Waals surface area contributed by atoms with E-state index in [1.165, 1.54) is 12.8 Å². The molecule has 0 radical (unpaired) electrons. The van der Waals surface area contributed by atoms with Gasteiger partial charge in [0.15, 0.2) is 0 Å². The molecule has 0 saturated carbocycles. The lowest BCUT2D eigenvalue weighted by atomic mass is 9.74. The zero-order valence-electron chi connectivity index (χ0n) is 8.84. The summed E-state index contributed by atoms with van der Waals surface area (Å²) in [5.74, 6) is 1.03. The predicted molar refractivity (Wildman–Crippen MR) is 58.7 cm³/mol. The minimum atomic E-state index is 0.226. The predicted octanol–water partition coefficient (Wildman–Crippen LogP) is 2.75. The highest BCUT2D eigenvalue weighted by atomic mass is 15.0. The van der Waals surface area contributed by atoms with E-state index in [0.717, 1.165) is 6.54 Å². The van der Waals surface area contributed by atoms with Gasteiger partial charge >= 0.3 is 0 Å². The molecule has 0 bridgehead atoms. The minimum absolute atomic E-state index is 0.226. The molecule has 1 aliphatic heterocycles. The molecule has 1 fully saturated rings. The van der Waals surface area contributed by atoms with Gasteiger partial charge in [-0.2, -0.15) is 0 Å². The highest BCUT2D eigenvalue weighted by Crippen LogP contribution is 2.35. The fraction of sp³-hybridized carbons (Fsp3) is 0.667. The molecular weight excluding hydrogens is 158 g/mol. The van der Waals surface area contributed by atoms with Gasteiger partial charge in [0.2, 0.25) is 0 Å². The molecule has 0 unspecified atom stereocenters. The third kappa shape index (κ3) is 1.71. The minimum Gasteiger partial charge on any atom is -0.310 e. The average Bonchev–Trinajstić information content (AvgIpc) is 2.65. The second kappa shape index (κ2) is 4.10. The molecular formula is C12H21N. The Balaban J connectivity index is 2.85. The van der Waals surface area contributed by atoms with Crippen LogP contribution in [-0.4, -0.2) is 12.1 Å². The van der Waals surface area contributed by atoms with Crippen LogP contribution >= 0.6 is 0 Å². The zero-order valence-corrected chi connectivity index (χ0v) is 8.84. The SMILES string of the molecule is C=C[C@@H](C)C1([C@H](C)C=C)CCCN1. The second-order valence-corrected chi connectivity index (χ2v) is 4.12. The third-order valence-corrected chi connectivity index (χ3v) is 3.55. The van der Waals surface area contributed by atoms with Crippen molar-refractivity contribution in [3.63, 3.8) is 0 Å². The van der Waals surface area contributed by atoms with Gasteiger partial charge in [0.1, 0.15) is 0 Å². The van der Waals surface area contributed by atoms with Gasteiger partial charge in [0, 0.05) is 5.54 Å². The molecule has 1 nitrogen and oxygen atoms in total. The second-order valence-electron chi connectivity index (χ2n) is 4.12. The molecule has 0 amide bonds. The molecule has 0 aliphatic carbocycles. The molecule has 1 aliphatic rings. The first-order valence-electron chi connectivity index (χ1n) is 5.17. The van der Waals surface area contributed by atoms with Gasteiger partial charge in [0.05, 0.1) is 0 Å². The smallest absolute Gasteiger partial charge is 0.0301 e. The van der Waals surface area contributed by atoms with E-state index in [9.17, 15) is 0 Å². The largest absolute Gasteiger partial charge is 0.310 e. The Hall–Kier alpha value is -0.560. The van der Waals surface area contributed by atoms with Gasteiger partial charge in [-0.1, -0.05) is 26.0 Å². The summed E-state index contributed by atoms with van der Waals surface area (Å²) in [6.45, 7) is 13.4. The summed E-state index contributed by atoms with van der Waals surface area (Å²) in [6, 6.07) is 0. The van der Waals surface area contributed by atoms with Gasteiger partial charge < -0.3 is 5.32 Å². The van der Waals surface area contributed by atoms with Crippen molar-refractivity contribution in [2.24, 2.45) is 11.8 Å². The normalized spacial score (nSPS) is 25.1. The Kier molecular flexibility index (Phi) is 3.32. The summed E-state index contributed by atoms with van der Waals surface area (Å²) >= 11 is 0. The van der Waals surface area contributed by atoms with Gasteiger partial charge in [-0.3, -0.25) is 0 Å². The highest BCUT2D eigenvalue weighted by Gasteiger charge is 2.40. The van der Waals surface area contributed by atoms with E-state index in [0.29, 0.717) is 11.8 Å². The van der Waals surface area contributed by atoms with Crippen LogP contribution in [0.3, 0.4) is 0 Å². The lowest BCUT2D eigenvalue weighted by Crippen LogP contribution is -2.49. The van der Waals surface area contributed by atoms with Crippen molar-refractivity contribution in [3.8, 4) is 0 Å². The van der Waals surface area contributed by atoms with Crippen molar-refractivity contribution in [2.75, 3.05) is 6.54 Å². The van der Waals surface area contributed by atoms with Crippen molar-refractivity contribution >= 4 is 0 Å². The highest BCUT2D eigenvalue weighted by molar-refractivity contribution is 5.09. The fourth-order valence-corrected chi connectivity index (χ4v) is 2.40. The monoisotopic (exact) mass is 179 g/mol. The molecule has 1 N–H and O–H groups in total. The molecule has 0 spiro atoms. The lowest BCUT2D eigenvalue weighted by Gasteiger charge is -2.38. The fourth-order valence-electron chi connectivity index (χ4n) is 2.40. The Morgan fingerprint density at radius 1 is 1.23 bits per heavy atom. The van der Waals surface area contributed by atoms with Crippen LogP contribution in [0.25, 0.3) is 0 Å². The topological polar surface area (TPSA) is 12.0 Å². The standard InChI is InChI=1S/C12H21N/c1-5-10(3)12(11(4)6-2)8-7-9-13-12/h5-6,10-11,13H,1-2,7-9H2,3-4H3/t10-,11-/m1/s1. The molecule has 74 valence electrons. The van der Waals surface area contributed by atoms with Crippen LogP contribution in [0.1, 0.15) is 26.7 Å². The Bertz CT molecular complexity index is 173. The van der Waals surface area contributed by atoms with Gasteiger partial charge in [-0.05, 0) is 31.2 Å². The van der Waals surface area contributed by atoms with Crippen LogP contribution < -0.4 is 5.32 Å². The first-order valence-corrected chi connectivity index (χ1v) is 5.17. The number of rotatable bonds is 4. The van der Waals surface area contributed by atoms with Crippen molar-refractivity contribution in [3.05, 3.63) is 25.3 Å². The molecule has 1 heteroatoms. The summed E-state index contributed by atoms with van der Waals surface area (Å²) < 4.78 is 0. The van der Waals surface area contributed by atoms with Gasteiger partial charge in [0.25, 0.3) is 0 Å². The maximum atomic E-state index is 3.89. The summed E-state index contributed by atoms with van der Waals surface area (Å²) in [5.41, 5.74) is 0.226.